The first kappa shape index (κ1) is 20.5. The van der Waals surface area contributed by atoms with Crippen molar-refractivity contribution >= 4 is 23.2 Å². The van der Waals surface area contributed by atoms with Crippen molar-refractivity contribution in [2.75, 3.05) is 39.3 Å². The molecule has 6 heteroatoms. The minimum atomic E-state index is 0.100. The fourth-order valence-electron chi connectivity index (χ4n) is 5.93. The van der Waals surface area contributed by atoms with Crippen LogP contribution in [0, 0.1) is 5.92 Å². The number of hydrogen-bond donors (Lipinski definition) is 0. The van der Waals surface area contributed by atoms with Gasteiger partial charge < -0.3 is 9.80 Å². The third-order valence-corrected chi connectivity index (χ3v) is 8.98. The molecule has 2 saturated heterocycles. The van der Waals surface area contributed by atoms with E-state index in [2.05, 4.69) is 15.9 Å². The van der Waals surface area contributed by atoms with Crippen molar-refractivity contribution in [2.24, 2.45) is 5.92 Å². The fraction of sp³-hybridized carbons (Fsp3) is 0.750. The van der Waals surface area contributed by atoms with E-state index in [9.17, 15) is 9.59 Å². The maximum Gasteiger partial charge on any atom is 0.263 e. The zero-order valence-corrected chi connectivity index (χ0v) is 18.9. The summed E-state index contributed by atoms with van der Waals surface area (Å²) in [6.45, 7) is 5.66. The lowest BCUT2D eigenvalue weighted by molar-refractivity contribution is -0.138. The molecule has 0 bridgehead atoms. The molecule has 5 nitrogen and oxygen atoms in total. The van der Waals surface area contributed by atoms with Crippen LogP contribution < -0.4 is 0 Å². The first-order valence-corrected chi connectivity index (χ1v) is 12.9. The predicted octanol–water partition coefficient (Wildman–Crippen LogP) is 3.57. The van der Waals surface area contributed by atoms with E-state index in [0.29, 0.717) is 5.91 Å². The summed E-state index contributed by atoms with van der Waals surface area (Å²) >= 11 is 1.67. The van der Waals surface area contributed by atoms with E-state index in [4.69, 9.17) is 0 Å². The summed E-state index contributed by atoms with van der Waals surface area (Å²) < 4.78 is 0. The molecule has 0 aromatic carbocycles. The molecular weight excluding hydrogens is 394 g/mol. The Balaban J connectivity index is 1.17. The molecule has 2 aliphatic carbocycles. The van der Waals surface area contributed by atoms with Crippen LogP contribution in [-0.4, -0.2) is 71.8 Å². The normalized spacial score (nSPS) is 26.1. The van der Waals surface area contributed by atoms with Gasteiger partial charge in [0, 0.05) is 56.1 Å². The van der Waals surface area contributed by atoms with E-state index in [0.717, 1.165) is 82.3 Å². The summed E-state index contributed by atoms with van der Waals surface area (Å²) in [5, 5.41) is 0. The van der Waals surface area contributed by atoms with Gasteiger partial charge in [0.25, 0.3) is 5.91 Å². The van der Waals surface area contributed by atoms with Crippen molar-refractivity contribution in [1.29, 1.82) is 0 Å². The zero-order valence-electron chi connectivity index (χ0n) is 18.1. The van der Waals surface area contributed by atoms with Gasteiger partial charge in [-0.25, -0.2) is 0 Å². The molecule has 5 rings (SSSR count). The van der Waals surface area contributed by atoms with Crippen LogP contribution >= 0.6 is 11.3 Å². The molecule has 0 unspecified atom stereocenters. The SMILES string of the molecule is O=C(c1cc2c(s1)CC[C@@H](C(=O)N1CCN(C3CCCCC3)CC1)C2)N1CCCC1. The van der Waals surface area contributed by atoms with E-state index >= 15 is 0 Å². The Bertz CT molecular complexity index is 771. The topological polar surface area (TPSA) is 43.9 Å². The number of piperazine rings is 1. The van der Waals surface area contributed by atoms with E-state index in [-0.39, 0.29) is 11.8 Å². The van der Waals surface area contributed by atoms with Crippen LogP contribution in [-0.2, 0) is 17.6 Å². The monoisotopic (exact) mass is 429 g/mol. The maximum absolute atomic E-state index is 13.2. The van der Waals surface area contributed by atoms with E-state index < -0.39 is 0 Å². The van der Waals surface area contributed by atoms with Gasteiger partial charge in [-0.15, -0.1) is 11.3 Å². The first-order valence-electron chi connectivity index (χ1n) is 12.1. The van der Waals surface area contributed by atoms with Gasteiger partial charge in [-0.1, -0.05) is 19.3 Å². The van der Waals surface area contributed by atoms with Gasteiger partial charge in [-0.05, 0) is 56.6 Å². The van der Waals surface area contributed by atoms with Gasteiger partial charge in [0.2, 0.25) is 5.91 Å². The van der Waals surface area contributed by atoms with Crippen LogP contribution in [0.1, 0.15) is 71.5 Å². The Labute approximate surface area is 184 Å². The lowest BCUT2D eigenvalue weighted by atomic mass is 9.87. The quantitative estimate of drug-likeness (QED) is 0.738. The van der Waals surface area contributed by atoms with Crippen molar-refractivity contribution in [3.63, 3.8) is 0 Å². The molecule has 1 aromatic rings. The third kappa shape index (κ3) is 4.18. The molecule has 4 aliphatic rings. The largest absolute Gasteiger partial charge is 0.340 e. The van der Waals surface area contributed by atoms with Crippen LogP contribution in [0.15, 0.2) is 6.07 Å². The molecule has 1 aromatic heterocycles. The van der Waals surface area contributed by atoms with Crippen LogP contribution in [0.25, 0.3) is 0 Å². The van der Waals surface area contributed by atoms with Gasteiger partial charge in [-0.3, -0.25) is 14.5 Å². The Morgan fingerprint density at radius 3 is 2.30 bits per heavy atom. The summed E-state index contributed by atoms with van der Waals surface area (Å²) in [5.41, 5.74) is 1.26. The number of likely N-dealkylation sites (tertiary alicyclic amines) is 1. The highest BCUT2D eigenvalue weighted by Gasteiger charge is 2.33. The molecule has 0 spiro atoms. The second-order valence-corrected chi connectivity index (χ2v) is 10.8. The molecule has 3 heterocycles. The minimum Gasteiger partial charge on any atom is -0.340 e. The number of thiophene rings is 1. The van der Waals surface area contributed by atoms with Crippen molar-refractivity contribution in [2.45, 2.75) is 70.3 Å². The summed E-state index contributed by atoms with van der Waals surface area (Å²) in [6, 6.07) is 2.85. The van der Waals surface area contributed by atoms with Crippen LogP contribution in [0.2, 0.25) is 0 Å². The number of amides is 2. The molecule has 2 aliphatic heterocycles. The second-order valence-electron chi connectivity index (χ2n) is 9.65. The molecule has 3 fully saturated rings. The van der Waals surface area contributed by atoms with Crippen LogP contribution in [0.5, 0.6) is 0 Å². The van der Waals surface area contributed by atoms with Gasteiger partial charge >= 0.3 is 0 Å². The summed E-state index contributed by atoms with van der Waals surface area (Å²) in [6.07, 6.45) is 11.8. The van der Waals surface area contributed by atoms with Crippen LogP contribution in [0.4, 0.5) is 0 Å². The fourth-order valence-corrected chi connectivity index (χ4v) is 7.10. The summed E-state index contributed by atoms with van der Waals surface area (Å²) in [5.74, 6) is 0.652. The molecule has 1 saturated carbocycles. The second kappa shape index (κ2) is 8.99. The predicted molar refractivity (Wildman–Crippen MR) is 120 cm³/mol. The molecule has 0 radical (unpaired) electrons. The molecule has 164 valence electrons. The molecule has 2 amide bonds. The Kier molecular flexibility index (Phi) is 6.15. The minimum absolute atomic E-state index is 0.100. The number of hydrogen-bond acceptors (Lipinski definition) is 4. The van der Waals surface area contributed by atoms with E-state index in [1.54, 1.807) is 11.3 Å². The van der Waals surface area contributed by atoms with Crippen molar-refractivity contribution in [3.05, 3.63) is 21.4 Å². The highest BCUT2D eigenvalue weighted by Crippen LogP contribution is 2.34. The smallest absolute Gasteiger partial charge is 0.263 e. The molecule has 0 N–H and O–H groups in total. The van der Waals surface area contributed by atoms with Crippen LogP contribution in [0.3, 0.4) is 0 Å². The number of carbonyl (C=O) groups is 2. The van der Waals surface area contributed by atoms with Gasteiger partial charge in [-0.2, -0.15) is 0 Å². The lowest BCUT2D eigenvalue weighted by Gasteiger charge is -2.41. The summed E-state index contributed by atoms with van der Waals surface area (Å²) in [4.78, 5) is 34.9. The molecular formula is C24H35N3O2S. The average Bonchev–Trinajstić information content (AvgIpc) is 3.48. The first-order chi connectivity index (χ1) is 14.7. The van der Waals surface area contributed by atoms with Crippen molar-refractivity contribution in [1.82, 2.24) is 14.7 Å². The van der Waals surface area contributed by atoms with Gasteiger partial charge in [0.1, 0.15) is 0 Å². The number of rotatable bonds is 3. The number of aryl methyl sites for hydroxylation is 1. The van der Waals surface area contributed by atoms with Crippen molar-refractivity contribution in [3.8, 4) is 0 Å². The number of nitrogens with zero attached hydrogens (tertiary/aromatic N) is 3. The van der Waals surface area contributed by atoms with Gasteiger partial charge in [0.15, 0.2) is 0 Å². The lowest BCUT2D eigenvalue weighted by Crippen LogP contribution is -2.53. The highest BCUT2D eigenvalue weighted by molar-refractivity contribution is 7.14. The highest BCUT2D eigenvalue weighted by atomic mass is 32.1. The standard InChI is InChI=1S/C24H35N3O2S/c28-23(27-14-12-25(13-15-27)20-6-2-1-3-7-20)18-8-9-21-19(16-18)17-22(30-21)24(29)26-10-4-5-11-26/h17-18,20H,1-16H2/t18-/m1/s1. The van der Waals surface area contributed by atoms with Crippen molar-refractivity contribution < 1.29 is 9.59 Å². The molecule has 30 heavy (non-hydrogen) atoms. The van der Waals surface area contributed by atoms with E-state index in [1.165, 1.54) is 42.5 Å². The number of carbonyl (C=O) groups excluding carboxylic acids is 2. The maximum atomic E-state index is 13.2. The Morgan fingerprint density at radius 1 is 0.833 bits per heavy atom. The number of fused-ring (bicyclic) bond motifs is 1. The zero-order chi connectivity index (χ0) is 20.5. The molecule has 1 atom stereocenters. The third-order valence-electron chi connectivity index (χ3n) is 7.75. The van der Waals surface area contributed by atoms with Gasteiger partial charge in [0.05, 0.1) is 4.88 Å². The Morgan fingerprint density at radius 2 is 1.57 bits per heavy atom. The Hall–Kier alpha value is -1.40. The van der Waals surface area contributed by atoms with E-state index in [1.807, 2.05) is 4.90 Å². The summed E-state index contributed by atoms with van der Waals surface area (Å²) in [7, 11) is 0. The average molecular weight is 430 g/mol.